The second kappa shape index (κ2) is 4.32. The standard InChI is InChI=1S/C11H9F2N3O/c1-16-6-5-9(15-16)14-11(17)7-3-2-4-8(12)10(7)13/h2-6H,1H3,(H,14,15,17). The topological polar surface area (TPSA) is 46.9 Å². The molecule has 0 aliphatic heterocycles. The highest BCUT2D eigenvalue weighted by atomic mass is 19.2. The number of carbonyl (C=O) groups is 1. The first-order chi connectivity index (χ1) is 8.08. The fourth-order valence-corrected chi connectivity index (χ4v) is 1.34. The zero-order valence-electron chi connectivity index (χ0n) is 8.95. The van der Waals surface area contributed by atoms with E-state index in [0.29, 0.717) is 0 Å². The van der Waals surface area contributed by atoms with Crippen molar-refractivity contribution in [3.63, 3.8) is 0 Å². The lowest BCUT2D eigenvalue weighted by Crippen LogP contribution is -2.15. The van der Waals surface area contributed by atoms with Crippen LogP contribution in [0.25, 0.3) is 0 Å². The Morgan fingerprint density at radius 2 is 2.12 bits per heavy atom. The summed E-state index contributed by atoms with van der Waals surface area (Å²) in [4.78, 5) is 11.6. The van der Waals surface area contributed by atoms with Gasteiger partial charge in [0, 0.05) is 19.3 Å². The summed E-state index contributed by atoms with van der Waals surface area (Å²) < 4.78 is 27.7. The van der Waals surface area contributed by atoms with Gasteiger partial charge >= 0.3 is 0 Å². The van der Waals surface area contributed by atoms with Crippen LogP contribution in [-0.4, -0.2) is 15.7 Å². The molecule has 0 unspecified atom stereocenters. The lowest BCUT2D eigenvalue weighted by molar-refractivity contribution is 0.102. The molecule has 1 aromatic carbocycles. The first-order valence-corrected chi connectivity index (χ1v) is 4.83. The van der Waals surface area contributed by atoms with Crippen LogP contribution in [-0.2, 0) is 7.05 Å². The van der Waals surface area contributed by atoms with Gasteiger partial charge in [-0.25, -0.2) is 8.78 Å². The summed E-state index contributed by atoms with van der Waals surface area (Å²) in [5.41, 5.74) is -0.351. The van der Waals surface area contributed by atoms with Crippen LogP contribution in [0.4, 0.5) is 14.6 Å². The third-order valence-electron chi connectivity index (χ3n) is 2.15. The monoisotopic (exact) mass is 237 g/mol. The number of nitrogens with zero attached hydrogens (tertiary/aromatic N) is 2. The molecule has 1 amide bonds. The molecule has 4 nitrogen and oxygen atoms in total. The van der Waals surface area contributed by atoms with Gasteiger partial charge in [0.25, 0.3) is 5.91 Å². The number of aromatic nitrogens is 2. The summed E-state index contributed by atoms with van der Waals surface area (Å²) in [5, 5.41) is 6.27. The molecule has 0 spiro atoms. The van der Waals surface area contributed by atoms with Crippen molar-refractivity contribution in [1.29, 1.82) is 0 Å². The SMILES string of the molecule is Cn1ccc(NC(=O)c2cccc(F)c2F)n1. The average Bonchev–Trinajstić information content (AvgIpc) is 2.68. The number of rotatable bonds is 2. The molecule has 88 valence electrons. The van der Waals surface area contributed by atoms with E-state index in [9.17, 15) is 13.6 Å². The van der Waals surface area contributed by atoms with Crippen molar-refractivity contribution in [2.75, 3.05) is 5.32 Å². The Morgan fingerprint density at radius 3 is 2.76 bits per heavy atom. The van der Waals surface area contributed by atoms with Crippen molar-refractivity contribution in [2.24, 2.45) is 7.05 Å². The molecular formula is C11H9F2N3O. The van der Waals surface area contributed by atoms with Crippen molar-refractivity contribution < 1.29 is 13.6 Å². The predicted octanol–water partition coefficient (Wildman–Crippen LogP) is 1.95. The van der Waals surface area contributed by atoms with Crippen LogP contribution in [0.2, 0.25) is 0 Å². The lowest BCUT2D eigenvalue weighted by atomic mass is 10.2. The van der Waals surface area contributed by atoms with Crippen LogP contribution in [0.15, 0.2) is 30.5 Å². The Kier molecular flexibility index (Phi) is 2.86. The molecule has 0 bridgehead atoms. The zero-order chi connectivity index (χ0) is 12.4. The third kappa shape index (κ3) is 2.30. The summed E-state index contributed by atoms with van der Waals surface area (Å²) in [6, 6.07) is 4.98. The van der Waals surface area contributed by atoms with E-state index in [-0.39, 0.29) is 11.4 Å². The summed E-state index contributed by atoms with van der Waals surface area (Å²) in [6.07, 6.45) is 1.62. The summed E-state index contributed by atoms with van der Waals surface area (Å²) >= 11 is 0. The number of nitrogens with one attached hydrogen (secondary N) is 1. The molecule has 1 heterocycles. The number of hydrogen-bond donors (Lipinski definition) is 1. The minimum atomic E-state index is -1.17. The van der Waals surface area contributed by atoms with Crippen LogP contribution >= 0.6 is 0 Å². The first-order valence-electron chi connectivity index (χ1n) is 4.83. The van der Waals surface area contributed by atoms with Crippen molar-refractivity contribution in [3.8, 4) is 0 Å². The molecule has 2 aromatic rings. The Labute approximate surface area is 95.9 Å². The van der Waals surface area contributed by atoms with Crippen molar-refractivity contribution in [1.82, 2.24) is 9.78 Å². The van der Waals surface area contributed by atoms with E-state index in [1.54, 1.807) is 19.3 Å². The molecule has 0 radical (unpaired) electrons. The van der Waals surface area contributed by atoms with Gasteiger partial charge in [-0.1, -0.05) is 6.07 Å². The van der Waals surface area contributed by atoms with Crippen LogP contribution in [0.1, 0.15) is 10.4 Å². The van der Waals surface area contributed by atoms with Gasteiger partial charge in [-0.3, -0.25) is 9.48 Å². The van der Waals surface area contributed by atoms with E-state index in [4.69, 9.17) is 0 Å². The summed E-state index contributed by atoms with van der Waals surface area (Å²) in [5.74, 6) is -2.68. The van der Waals surface area contributed by atoms with E-state index in [1.807, 2.05) is 0 Å². The number of hydrogen-bond acceptors (Lipinski definition) is 2. The molecule has 2 rings (SSSR count). The third-order valence-corrected chi connectivity index (χ3v) is 2.15. The largest absolute Gasteiger partial charge is 0.305 e. The minimum Gasteiger partial charge on any atom is -0.305 e. The van der Waals surface area contributed by atoms with Gasteiger partial charge in [0.1, 0.15) is 0 Å². The molecule has 0 aliphatic rings. The second-order valence-corrected chi connectivity index (χ2v) is 3.43. The van der Waals surface area contributed by atoms with E-state index in [0.717, 1.165) is 6.07 Å². The highest BCUT2D eigenvalue weighted by Gasteiger charge is 2.15. The van der Waals surface area contributed by atoms with Crippen LogP contribution in [0, 0.1) is 11.6 Å². The van der Waals surface area contributed by atoms with Crippen molar-refractivity contribution >= 4 is 11.7 Å². The van der Waals surface area contributed by atoms with Crippen LogP contribution in [0.3, 0.4) is 0 Å². The number of amides is 1. The molecular weight excluding hydrogens is 228 g/mol. The molecule has 1 N–H and O–H groups in total. The van der Waals surface area contributed by atoms with Crippen molar-refractivity contribution in [2.45, 2.75) is 0 Å². The quantitative estimate of drug-likeness (QED) is 0.867. The summed E-state index contributed by atoms with van der Waals surface area (Å²) in [6.45, 7) is 0. The summed E-state index contributed by atoms with van der Waals surface area (Å²) in [7, 11) is 1.68. The average molecular weight is 237 g/mol. The van der Waals surface area contributed by atoms with Crippen molar-refractivity contribution in [3.05, 3.63) is 47.7 Å². The van der Waals surface area contributed by atoms with Gasteiger partial charge in [-0.15, -0.1) is 0 Å². The van der Waals surface area contributed by atoms with Gasteiger partial charge in [0.15, 0.2) is 17.5 Å². The number of anilines is 1. The zero-order valence-corrected chi connectivity index (χ0v) is 8.95. The molecule has 17 heavy (non-hydrogen) atoms. The van der Waals surface area contributed by atoms with Gasteiger partial charge < -0.3 is 5.32 Å². The molecule has 0 atom stereocenters. The van der Waals surface area contributed by atoms with Gasteiger partial charge in [-0.2, -0.15) is 5.10 Å². The number of halogens is 2. The maximum Gasteiger partial charge on any atom is 0.259 e. The second-order valence-electron chi connectivity index (χ2n) is 3.43. The van der Waals surface area contributed by atoms with E-state index >= 15 is 0 Å². The Morgan fingerprint density at radius 1 is 1.35 bits per heavy atom. The molecule has 0 fully saturated rings. The van der Waals surface area contributed by atoms with Crippen LogP contribution < -0.4 is 5.32 Å². The van der Waals surface area contributed by atoms with Gasteiger partial charge in [-0.05, 0) is 12.1 Å². The molecule has 0 saturated heterocycles. The predicted molar refractivity (Wildman–Crippen MR) is 57.5 cm³/mol. The maximum absolute atomic E-state index is 13.3. The molecule has 0 aliphatic carbocycles. The smallest absolute Gasteiger partial charge is 0.259 e. The van der Waals surface area contributed by atoms with Crippen LogP contribution in [0.5, 0.6) is 0 Å². The fraction of sp³-hybridized carbons (Fsp3) is 0.0909. The number of aryl methyl sites for hydroxylation is 1. The Balaban J connectivity index is 2.23. The molecule has 1 aromatic heterocycles. The Hall–Kier alpha value is -2.24. The van der Waals surface area contributed by atoms with Gasteiger partial charge in [0.2, 0.25) is 0 Å². The van der Waals surface area contributed by atoms with Gasteiger partial charge in [0.05, 0.1) is 5.56 Å². The number of benzene rings is 1. The van der Waals surface area contributed by atoms with E-state index < -0.39 is 17.5 Å². The molecule has 6 heteroatoms. The normalized spacial score (nSPS) is 10.3. The van der Waals surface area contributed by atoms with E-state index in [2.05, 4.69) is 10.4 Å². The fourth-order valence-electron chi connectivity index (χ4n) is 1.34. The lowest BCUT2D eigenvalue weighted by Gasteiger charge is -2.03. The Bertz CT molecular complexity index is 566. The maximum atomic E-state index is 13.3. The van der Waals surface area contributed by atoms with E-state index in [1.165, 1.54) is 16.8 Å². The highest BCUT2D eigenvalue weighted by Crippen LogP contribution is 2.13. The highest BCUT2D eigenvalue weighted by molar-refractivity contribution is 6.03. The molecule has 0 saturated carbocycles. The minimum absolute atomic E-state index is 0.279. The number of carbonyl (C=O) groups excluding carboxylic acids is 1. The first kappa shape index (κ1) is 11.3.